The Hall–Kier alpha value is -0.490. The third-order valence-corrected chi connectivity index (χ3v) is 3.00. The summed E-state index contributed by atoms with van der Waals surface area (Å²) in [5.74, 6) is 2.63. The lowest BCUT2D eigenvalue weighted by Gasteiger charge is -2.17. The van der Waals surface area contributed by atoms with E-state index in [-0.39, 0.29) is 12.1 Å². The predicted molar refractivity (Wildman–Crippen MR) is 69.0 cm³/mol. The van der Waals surface area contributed by atoms with Crippen LogP contribution in [0.5, 0.6) is 0 Å². The molecule has 15 heavy (non-hydrogen) atoms. The van der Waals surface area contributed by atoms with Crippen LogP contribution in [0, 0.1) is 12.3 Å². The normalized spacial score (nSPS) is 14.3. The van der Waals surface area contributed by atoms with Crippen molar-refractivity contribution in [2.45, 2.75) is 25.9 Å². The highest BCUT2D eigenvalue weighted by Crippen LogP contribution is 2.26. The van der Waals surface area contributed by atoms with Gasteiger partial charge in [-0.15, -0.1) is 6.42 Å². The molecule has 1 rings (SSSR count). The highest BCUT2D eigenvalue weighted by Gasteiger charge is 2.11. The first-order valence-corrected chi connectivity index (χ1v) is 5.89. The van der Waals surface area contributed by atoms with Gasteiger partial charge in [-0.05, 0) is 31.5 Å². The number of halogens is 2. The van der Waals surface area contributed by atoms with E-state index in [1.807, 2.05) is 32.0 Å². The first-order valence-electron chi connectivity index (χ1n) is 4.71. The Bertz CT molecular complexity index is 384. The lowest BCUT2D eigenvalue weighted by molar-refractivity contribution is 0.546. The predicted octanol–water partition coefficient (Wildman–Crippen LogP) is 3.77. The van der Waals surface area contributed by atoms with Crippen LogP contribution < -0.4 is 5.32 Å². The maximum absolute atomic E-state index is 6.13. The molecule has 1 nitrogen and oxygen atoms in total. The molecule has 80 valence electrons. The van der Waals surface area contributed by atoms with Gasteiger partial charge in [-0.3, -0.25) is 5.32 Å². The summed E-state index contributed by atoms with van der Waals surface area (Å²) in [6, 6.07) is 6.04. The van der Waals surface area contributed by atoms with Crippen LogP contribution in [0.4, 0.5) is 0 Å². The van der Waals surface area contributed by atoms with E-state index in [1.54, 1.807) is 0 Å². The molecule has 0 aromatic heterocycles. The van der Waals surface area contributed by atoms with Gasteiger partial charge in [0.25, 0.3) is 0 Å². The van der Waals surface area contributed by atoms with E-state index in [1.165, 1.54) is 0 Å². The zero-order valence-electron chi connectivity index (χ0n) is 8.72. The van der Waals surface area contributed by atoms with Crippen LogP contribution in [0.25, 0.3) is 0 Å². The average molecular weight is 287 g/mol. The second-order valence-corrected chi connectivity index (χ2v) is 4.77. The van der Waals surface area contributed by atoms with Crippen molar-refractivity contribution in [2.24, 2.45) is 0 Å². The summed E-state index contributed by atoms with van der Waals surface area (Å²) < 4.78 is 0.980. The van der Waals surface area contributed by atoms with E-state index in [9.17, 15) is 0 Å². The molecule has 0 aliphatic carbocycles. The monoisotopic (exact) mass is 285 g/mol. The van der Waals surface area contributed by atoms with Crippen LogP contribution >= 0.6 is 27.5 Å². The van der Waals surface area contributed by atoms with Crippen LogP contribution in [0.15, 0.2) is 22.7 Å². The molecule has 0 aliphatic heterocycles. The molecule has 1 N–H and O–H groups in total. The van der Waals surface area contributed by atoms with E-state index >= 15 is 0 Å². The molecule has 0 radical (unpaired) electrons. The van der Waals surface area contributed by atoms with Crippen molar-refractivity contribution in [3.63, 3.8) is 0 Å². The van der Waals surface area contributed by atoms with E-state index in [0.29, 0.717) is 0 Å². The van der Waals surface area contributed by atoms with Crippen LogP contribution in [-0.2, 0) is 0 Å². The molecular formula is C12H13BrClN. The summed E-state index contributed by atoms with van der Waals surface area (Å²) in [5, 5.41) is 4.01. The van der Waals surface area contributed by atoms with Crippen molar-refractivity contribution < 1.29 is 0 Å². The third-order valence-electron chi connectivity index (χ3n) is 2.18. The molecule has 0 bridgehead atoms. The Morgan fingerprint density at radius 2 is 2.13 bits per heavy atom. The van der Waals surface area contributed by atoms with Crippen molar-refractivity contribution in [3.05, 3.63) is 33.3 Å². The standard InChI is InChI=1S/C12H13BrClN/c1-4-8(2)15-9(3)11-6-5-10(13)7-12(11)14/h1,5-9,15H,2-3H3. The minimum atomic E-state index is 0.0414. The van der Waals surface area contributed by atoms with Gasteiger partial charge in [-0.2, -0.15) is 0 Å². The van der Waals surface area contributed by atoms with Crippen molar-refractivity contribution in [2.75, 3.05) is 0 Å². The van der Waals surface area contributed by atoms with Gasteiger partial charge in [0, 0.05) is 15.5 Å². The summed E-state index contributed by atoms with van der Waals surface area (Å²) >= 11 is 9.50. The van der Waals surface area contributed by atoms with Crippen molar-refractivity contribution >= 4 is 27.5 Å². The summed E-state index contributed by atoms with van der Waals surface area (Å²) in [7, 11) is 0. The Balaban J connectivity index is 2.83. The highest BCUT2D eigenvalue weighted by molar-refractivity contribution is 9.10. The van der Waals surface area contributed by atoms with E-state index in [0.717, 1.165) is 15.1 Å². The summed E-state index contributed by atoms with van der Waals surface area (Å²) in [6.07, 6.45) is 5.31. The Morgan fingerprint density at radius 1 is 1.47 bits per heavy atom. The average Bonchev–Trinajstić information content (AvgIpc) is 2.17. The number of terminal acetylenes is 1. The largest absolute Gasteiger partial charge is 0.297 e. The molecule has 0 heterocycles. The Kier molecular flexibility index (Phi) is 4.66. The smallest absolute Gasteiger partial charge is 0.0662 e. The van der Waals surface area contributed by atoms with Gasteiger partial charge >= 0.3 is 0 Å². The minimum absolute atomic E-state index is 0.0414. The SMILES string of the molecule is C#CC(C)NC(C)c1ccc(Br)cc1Cl. The van der Waals surface area contributed by atoms with Gasteiger partial charge in [0.2, 0.25) is 0 Å². The van der Waals surface area contributed by atoms with Crippen LogP contribution in [0.2, 0.25) is 5.02 Å². The van der Waals surface area contributed by atoms with Crippen LogP contribution in [-0.4, -0.2) is 6.04 Å². The second kappa shape index (κ2) is 5.55. The van der Waals surface area contributed by atoms with Crippen molar-refractivity contribution in [1.82, 2.24) is 5.32 Å². The van der Waals surface area contributed by atoms with Crippen LogP contribution in [0.1, 0.15) is 25.5 Å². The molecule has 1 aromatic rings. The summed E-state index contributed by atoms with van der Waals surface area (Å²) in [6.45, 7) is 3.99. The first kappa shape index (κ1) is 12.6. The Labute approximate surface area is 104 Å². The maximum Gasteiger partial charge on any atom is 0.0662 e. The lowest BCUT2D eigenvalue weighted by atomic mass is 10.1. The maximum atomic E-state index is 6.13. The zero-order chi connectivity index (χ0) is 11.4. The van der Waals surface area contributed by atoms with Gasteiger partial charge in [0.05, 0.1) is 6.04 Å². The molecule has 0 amide bonds. The summed E-state index contributed by atoms with van der Waals surface area (Å²) in [4.78, 5) is 0. The molecule has 2 unspecified atom stereocenters. The highest BCUT2D eigenvalue weighted by atomic mass is 79.9. The molecule has 0 saturated heterocycles. The topological polar surface area (TPSA) is 12.0 Å². The molecule has 0 saturated carbocycles. The third kappa shape index (κ3) is 3.53. The fourth-order valence-electron chi connectivity index (χ4n) is 1.37. The molecular weight excluding hydrogens is 273 g/mol. The van der Waals surface area contributed by atoms with Crippen molar-refractivity contribution in [3.8, 4) is 12.3 Å². The Morgan fingerprint density at radius 3 is 2.67 bits per heavy atom. The molecule has 0 fully saturated rings. The summed E-state index contributed by atoms with van der Waals surface area (Å²) in [5.41, 5.74) is 1.06. The van der Waals surface area contributed by atoms with Gasteiger partial charge in [-0.1, -0.05) is 39.5 Å². The first-order chi connectivity index (χ1) is 7.04. The van der Waals surface area contributed by atoms with E-state index in [2.05, 4.69) is 27.2 Å². The quantitative estimate of drug-likeness (QED) is 0.834. The van der Waals surface area contributed by atoms with Gasteiger partial charge in [-0.25, -0.2) is 0 Å². The molecule has 0 aliphatic rings. The molecule has 1 aromatic carbocycles. The minimum Gasteiger partial charge on any atom is -0.297 e. The second-order valence-electron chi connectivity index (χ2n) is 3.44. The van der Waals surface area contributed by atoms with Gasteiger partial charge in [0.15, 0.2) is 0 Å². The molecule has 0 spiro atoms. The number of nitrogens with one attached hydrogen (secondary N) is 1. The fourth-order valence-corrected chi connectivity index (χ4v) is 2.20. The zero-order valence-corrected chi connectivity index (χ0v) is 11.1. The number of hydrogen-bond acceptors (Lipinski definition) is 1. The molecule has 2 atom stereocenters. The van der Waals surface area contributed by atoms with E-state index in [4.69, 9.17) is 18.0 Å². The fraction of sp³-hybridized carbons (Fsp3) is 0.333. The lowest BCUT2D eigenvalue weighted by Crippen LogP contribution is -2.27. The van der Waals surface area contributed by atoms with Crippen molar-refractivity contribution in [1.29, 1.82) is 0 Å². The van der Waals surface area contributed by atoms with E-state index < -0.39 is 0 Å². The van der Waals surface area contributed by atoms with Gasteiger partial charge < -0.3 is 0 Å². The number of benzene rings is 1. The number of rotatable bonds is 3. The molecule has 3 heteroatoms. The van der Waals surface area contributed by atoms with Crippen LogP contribution in [0.3, 0.4) is 0 Å². The van der Waals surface area contributed by atoms with Gasteiger partial charge in [0.1, 0.15) is 0 Å². The number of hydrogen-bond donors (Lipinski definition) is 1.